The molecule has 106 valence electrons. The summed E-state index contributed by atoms with van der Waals surface area (Å²) in [7, 11) is 0. The van der Waals surface area contributed by atoms with Crippen molar-refractivity contribution >= 4 is 39.6 Å². The van der Waals surface area contributed by atoms with Crippen molar-refractivity contribution < 1.29 is 0 Å². The average molecular weight is 397 g/mol. The van der Waals surface area contributed by atoms with Gasteiger partial charge in [-0.25, -0.2) is 0 Å². The van der Waals surface area contributed by atoms with Crippen LogP contribution in [0.4, 0.5) is 5.69 Å². The highest BCUT2D eigenvalue weighted by Gasteiger charge is 2.15. The second-order valence-corrected chi connectivity index (χ2v) is 7.63. The van der Waals surface area contributed by atoms with E-state index in [4.69, 9.17) is 0 Å². The topological polar surface area (TPSA) is 12.0 Å². The minimum Gasteiger partial charge on any atom is -0.381 e. The van der Waals surface area contributed by atoms with E-state index in [0.717, 1.165) is 6.42 Å². The SMILES string of the molecule is Ic1c(Cc2cccs2)cccc1NC1CCCCC1. The van der Waals surface area contributed by atoms with E-state index in [1.165, 1.54) is 51.8 Å². The van der Waals surface area contributed by atoms with Crippen molar-refractivity contribution in [3.8, 4) is 0 Å². The molecule has 0 unspecified atom stereocenters. The van der Waals surface area contributed by atoms with Crippen LogP contribution >= 0.6 is 33.9 Å². The molecule has 1 fully saturated rings. The maximum atomic E-state index is 3.77. The summed E-state index contributed by atoms with van der Waals surface area (Å²) in [6.07, 6.45) is 7.87. The summed E-state index contributed by atoms with van der Waals surface area (Å²) < 4.78 is 1.39. The summed E-state index contributed by atoms with van der Waals surface area (Å²) in [5, 5.41) is 5.92. The monoisotopic (exact) mass is 397 g/mol. The predicted octanol–water partition coefficient (Wildman–Crippen LogP) is 5.69. The third-order valence-corrected chi connectivity index (χ3v) is 6.14. The summed E-state index contributed by atoms with van der Waals surface area (Å²) in [5.74, 6) is 0. The van der Waals surface area contributed by atoms with Gasteiger partial charge in [-0.1, -0.05) is 37.5 Å². The summed E-state index contributed by atoms with van der Waals surface area (Å²) in [5.41, 5.74) is 2.76. The molecule has 2 aromatic rings. The molecule has 0 bridgehead atoms. The summed E-state index contributed by atoms with van der Waals surface area (Å²) in [6, 6.07) is 11.7. The van der Waals surface area contributed by atoms with Gasteiger partial charge < -0.3 is 5.32 Å². The minimum absolute atomic E-state index is 0.675. The van der Waals surface area contributed by atoms with Crippen LogP contribution in [0.25, 0.3) is 0 Å². The highest BCUT2D eigenvalue weighted by molar-refractivity contribution is 14.1. The lowest BCUT2D eigenvalue weighted by atomic mass is 9.95. The standard InChI is InChI=1S/C17H20INS/c18-17-13(12-15-9-5-11-20-15)6-4-10-16(17)19-14-7-2-1-3-8-14/h4-6,9-11,14,19H,1-3,7-8,12H2. The van der Waals surface area contributed by atoms with Crippen LogP contribution < -0.4 is 5.32 Å². The summed E-state index contributed by atoms with van der Waals surface area (Å²) in [6.45, 7) is 0. The molecule has 1 aromatic carbocycles. The van der Waals surface area contributed by atoms with Crippen LogP contribution in [0.3, 0.4) is 0 Å². The number of hydrogen-bond donors (Lipinski definition) is 1. The molecule has 0 aliphatic heterocycles. The molecule has 0 saturated heterocycles. The van der Waals surface area contributed by atoms with E-state index in [2.05, 4.69) is 63.6 Å². The molecule has 1 aliphatic carbocycles. The normalized spacial score (nSPS) is 16.2. The highest BCUT2D eigenvalue weighted by Crippen LogP contribution is 2.28. The Hall–Kier alpha value is -0.550. The third-order valence-electron chi connectivity index (χ3n) is 3.99. The molecule has 1 heterocycles. The van der Waals surface area contributed by atoms with E-state index in [0.29, 0.717) is 6.04 Å². The molecule has 1 aliphatic rings. The molecule has 0 spiro atoms. The van der Waals surface area contributed by atoms with Crippen molar-refractivity contribution in [1.82, 2.24) is 0 Å². The number of halogens is 1. The fraction of sp³-hybridized carbons (Fsp3) is 0.412. The van der Waals surface area contributed by atoms with Crippen LogP contribution in [0.15, 0.2) is 35.7 Å². The van der Waals surface area contributed by atoms with Crippen molar-refractivity contribution in [2.75, 3.05) is 5.32 Å². The molecule has 3 rings (SSSR count). The lowest BCUT2D eigenvalue weighted by molar-refractivity contribution is 0.462. The van der Waals surface area contributed by atoms with Gasteiger partial charge in [0.25, 0.3) is 0 Å². The molecular formula is C17H20INS. The molecule has 0 atom stereocenters. The van der Waals surface area contributed by atoms with Crippen molar-refractivity contribution in [3.05, 3.63) is 49.7 Å². The zero-order valence-electron chi connectivity index (χ0n) is 11.6. The first-order valence-corrected chi connectivity index (χ1v) is 9.35. The van der Waals surface area contributed by atoms with Crippen LogP contribution in [0.2, 0.25) is 0 Å². The number of anilines is 1. The first-order valence-electron chi connectivity index (χ1n) is 7.39. The Morgan fingerprint density at radius 3 is 2.70 bits per heavy atom. The van der Waals surface area contributed by atoms with Gasteiger partial charge in [0.05, 0.1) is 0 Å². The molecule has 1 nitrogen and oxygen atoms in total. The van der Waals surface area contributed by atoms with E-state index in [9.17, 15) is 0 Å². The minimum atomic E-state index is 0.675. The van der Waals surface area contributed by atoms with Crippen molar-refractivity contribution in [2.45, 2.75) is 44.6 Å². The van der Waals surface area contributed by atoms with Gasteiger partial charge in [-0.05, 0) is 58.5 Å². The van der Waals surface area contributed by atoms with Gasteiger partial charge in [0, 0.05) is 26.6 Å². The Bertz CT molecular complexity index is 544. The van der Waals surface area contributed by atoms with Gasteiger partial charge in [0.2, 0.25) is 0 Å². The Morgan fingerprint density at radius 2 is 1.95 bits per heavy atom. The van der Waals surface area contributed by atoms with Crippen molar-refractivity contribution in [3.63, 3.8) is 0 Å². The highest BCUT2D eigenvalue weighted by atomic mass is 127. The van der Waals surface area contributed by atoms with E-state index in [1.807, 2.05) is 11.3 Å². The molecule has 20 heavy (non-hydrogen) atoms. The lowest BCUT2D eigenvalue weighted by Gasteiger charge is -2.25. The maximum Gasteiger partial charge on any atom is 0.0480 e. The van der Waals surface area contributed by atoms with Gasteiger partial charge in [-0.3, -0.25) is 0 Å². The largest absolute Gasteiger partial charge is 0.381 e. The van der Waals surface area contributed by atoms with Crippen LogP contribution in [-0.2, 0) is 6.42 Å². The quantitative estimate of drug-likeness (QED) is 0.654. The number of hydrogen-bond acceptors (Lipinski definition) is 2. The lowest BCUT2D eigenvalue weighted by Crippen LogP contribution is -2.22. The Morgan fingerprint density at radius 1 is 1.10 bits per heavy atom. The number of benzene rings is 1. The van der Waals surface area contributed by atoms with E-state index < -0.39 is 0 Å². The molecule has 1 saturated carbocycles. The number of thiophene rings is 1. The zero-order valence-corrected chi connectivity index (χ0v) is 14.5. The van der Waals surface area contributed by atoms with Crippen molar-refractivity contribution in [1.29, 1.82) is 0 Å². The maximum absolute atomic E-state index is 3.77. The summed E-state index contributed by atoms with van der Waals surface area (Å²) in [4.78, 5) is 1.44. The van der Waals surface area contributed by atoms with Crippen LogP contribution in [0, 0.1) is 3.57 Å². The molecule has 3 heteroatoms. The zero-order chi connectivity index (χ0) is 13.8. The van der Waals surface area contributed by atoms with Gasteiger partial charge >= 0.3 is 0 Å². The van der Waals surface area contributed by atoms with E-state index in [-0.39, 0.29) is 0 Å². The first kappa shape index (κ1) is 14.4. The molecule has 1 N–H and O–H groups in total. The Labute approximate surface area is 138 Å². The van der Waals surface area contributed by atoms with E-state index in [1.54, 1.807) is 0 Å². The summed E-state index contributed by atoms with van der Waals surface area (Å²) >= 11 is 4.35. The molecular weight excluding hydrogens is 377 g/mol. The molecule has 0 radical (unpaired) electrons. The van der Waals surface area contributed by atoms with Crippen LogP contribution in [0.1, 0.15) is 42.5 Å². The van der Waals surface area contributed by atoms with Crippen molar-refractivity contribution in [2.24, 2.45) is 0 Å². The van der Waals surface area contributed by atoms with Crippen LogP contribution in [0.5, 0.6) is 0 Å². The Balaban J connectivity index is 1.74. The Kier molecular flexibility index (Phi) is 4.99. The first-order chi connectivity index (χ1) is 9.83. The van der Waals surface area contributed by atoms with Gasteiger partial charge in [0.15, 0.2) is 0 Å². The second-order valence-electron chi connectivity index (χ2n) is 5.51. The molecule has 0 amide bonds. The van der Waals surface area contributed by atoms with Gasteiger partial charge in [-0.2, -0.15) is 0 Å². The number of nitrogens with one attached hydrogen (secondary N) is 1. The van der Waals surface area contributed by atoms with Crippen LogP contribution in [-0.4, -0.2) is 6.04 Å². The average Bonchev–Trinajstić information content (AvgIpc) is 2.97. The fourth-order valence-electron chi connectivity index (χ4n) is 2.90. The molecule has 1 aromatic heterocycles. The fourth-order valence-corrected chi connectivity index (χ4v) is 4.33. The van der Waals surface area contributed by atoms with E-state index >= 15 is 0 Å². The number of rotatable bonds is 4. The second kappa shape index (κ2) is 6.94. The third kappa shape index (κ3) is 3.55. The van der Waals surface area contributed by atoms with Gasteiger partial charge in [-0.15, -0.1) is 11.3 Å². The van der Waals surface area contributed by atoms with Gasteiger partial charge in [0.1, 0.15) is 0 Å². The predicted molar refractivity (Wildman–Crippen MR) is 96.8 cm³/mol. The smallest absolute Gasteiger partial charge is 0.0480 e.